The number of amides is 1. The minimum atomic E-state index is -0.879. The molecule has 1 aromatic rings. The number of carbonyl (C=O) groups is 1. The highest BCUT2D eigenvalue weighted by Gasteiger charge is 2.24. The normalized spacial score (nSPS) is 14.7. The maximum atomic E-state index is 11.6. The van der Waals surface area contributed by atoms with Crippen molar-refractivity contribution in [3.05, 3.63) is 42.0 Å². The van der Waals surface area contributed by atoms with E-state index in [9.17, 15) is 9.90 Å². The van der Waals surface area contributed by atoms with Crippen LogP contribution in [0.4, 0.5) is 0 Å². The molecule has 1 aromatic carbocycles. The molecule has 0 heterocycles. The van der Waals surface area contributed by atoms with Gasteiger partial charge in [0.25, 0.3) is 0 Å². The molecule has 0 fully saturated rings. The molecule has 0 radical (unpaired) electrons. The summed E-state index contributed by atoms with van der Waals surface area (Å²) in [5, 5.41) is 12.7. The number of rotatable bonds is 5. The van der Waals surface area contributed by atoms with Crippen LogP contribution in [0.25, 0.3) is 6.08 Å². The van der Waals surface area contributed by atoms with E-state index >= 15 is 0 Å². The average Bonchev–Trinajstić information content (AvgIpc) is 2.35. The van der Waals surface area contributed by atoms with Gasteiger partial charge in [0.2, 0.25) is 5.91 Å². The van der Waals surface area contributed by atoms with Crippen LogP contribution in [0.15, 0.2) is 36.4 Å². The summed E-state index contributed by atoms with van der Waals surface area (Å²) in [5.74, 6) is -0.101. The number of hydrogen-bond donors (Lipinski definition) is 2. The standard InChI is InChI=1S/C15H21NO2/c1-12(2)15(3,18)11-16-14(17)10-9-13-7-5-4-6-8-13/h4-10,12,18H,11H2,1-3H3,(H,16,17)/b10-9+/t15-/m1/s1. The zero-order valence-corrected chi connectivity index (χ0v) is 11.2. The Balaban J connectivity index is 2.46. The molecule has 3 heteroatoms. The lowest BCUT2D eigenvalue weighted by Gasteiger charge is -2.27. The quantitative estimate of drug-likeness (QED) is 0.784. The molecule has 0 unspecified atom stereocenters. The third-order valence-electron chi connectivity index (χ3n) is 3.09. The SMILES string of the molecule is CC(C)[C@](C)(O)CNC(=O)/C=C/c1ccccc1. The molecule has 2 N–H and O–H groups in total. The predicted octanol–water partition coefficient (Wildman–Crippen LogP) is 2.22. The van der Waals surface area contributed by atoms with Crippen LogP contribution in [0.3, 0.4) is 0 Å². The summed E-state index contributed by atoms with van der Waals surface area (Å²) in [4.78, 5) is 11.6. The fourth-order valence-electron chi connectivity index (χ4n) is 1.27. The maximum absolute atomic E-state index is 11.6. The molecule has 0 aromatic heterocycles. The first-order valence-corrected chi connectivity index (χ1v) is 6.15. The summed E-state index contributed by atoms with van der Waals surface area (Å²) < 4.78 is 0. The fraction of sp³-hybridized carbons (Fsp3) is 0.400. The van der Waals surface area contributed by atoms with Gasteiger partial charge >= 0.3 is 0 Å². The maximum Gasteiger partial charge on any atom is 0.244 e. The number of nitrogens with one attached hydrogen (secondary N) is 1. The molecule has 0 aliphatic heterocycles. The summed E-state index contributed by atoms with van der Waals surface area (Å²) in [5.41, 5.74) is 0.0965. The van der Waals surface area contributed by atoms with Crippen molar-refractivity contribution in [2.45, 2.75) is 26.4 Å². The van der Waals surface area contributed by atoms with Gasteiger partial charge in [0.1, 0.15) is 0 Å². The lowest BCUT2D eigenvalue weighted by atomic mass is 9.92. The van der Waals surface area contributed by atoms with E-state index in [0.717, 1.165) is 5.56 Å². The largest absolute Gasteiger partial charge is 0.388 e. The Labute approximate surface area is 109 Å². The highest BCUT2D eigenvalue weighted by molar-refractivity contribution is 5.91. The molecule has 0 saturated carbocycles. The molecule has 3 nitrogen and oxygen atoms in total. The monoisotopic (exact) mass is 247 g/mol. The first-order chi connectivity index (χ1) is 8.42. The van der Waals surface area contributed by atoms with Gasteiger partial charge in [-0.2, -0.15) is 0 Å². The first-order valence-electron chi connectivity index (χ1n) is 6.15. The lowest BCUT2D eigenvalue weighted by Crippen LogP contribution is -2.43. The van der Waals surface area contributed by atoms with Crippen LogP contribution in [0.1, 0.15) is 26.3 Å². The summed E-state index contributed by atoms with van der Waals surface area (Å²) in [6.07, 6.45) is 3.23. The highest BCUT2D eigenvalue weighted by atomic mass is 16.3. The molecule has 0 aliphatic carbocycles. The third kappa shape index (κ3) is 4.72. The summed E-state index contributed by atoms with van der Waals surface area (Å²) in [6.45, 7) is 5.82. The van der Waals surface area contributed by atoms with Crippen molar-refractivity contribution in [2.24, 2.45) is 5.92 Å². The molecule has 0 saturated heterocycles. The Morgan fingerprint density at radius 3 is 2.56 bits per heavy atom. The van der Waals surface area contributed by atoms with Crippen LogP contribution in [0, 0.1) is 5.92 Å². The van der Waals surface area contributed by atoms with E-state index in [2.05, 4.69) is 5.32 Å². The molecule has 1 amide bonds. The van der Waals surface area contributed by atoms with E-state index in [1.807, 2.05) is 44.2 Å². The van der Waals surface area contributed by atoms with Crippen molar-refractivity contribution in [1.82, 2.24) is 5.32 Å². The zero-order chi connectivity index (χ0) is 13.6. The van der Waals surface area contributed by atoms with Gasteiger partial charge in [-0.15, -0.1) is 0 Å². The molecular weight excluding hydrogens is 226 g/mol. The summed E-state index contributed by atoms with van der Waals surface area (Å²) in [6, 6.07) is 9.61. The molecule has 98 valence electrons. The van der Waals surface area contributed by atoms with Crippen molar-refractivity contribution in [1.29, 1.82) is 0 Å². The lowest BCUT2D eigenvalue weighted by molar-refractivity contribution is -0.118. The average molecular weight is 247 g/mol. The van der Waals surface area contributed by atoms with Crippen molar-refractivity contribution >= 4 is 12.0 Å². The molecule has 1 atom stereocenters. The second kappa shape index (κ2) is 6.36. The van der Waals surface area contributed by atoms with E-state index in [1.54, 1.807) is 13.0 Å². The Morgan fingerprint density at radius 1 is 1.39 bits per heavy atom. The van der Waals surface area contributed by atoms with E-state index in [4.69, 9.17) is 0 Å². The van der Waals surface area contributed by atoms with Crippen LogP contribution in [0.2, 0.25) is 0 Å². The topological polar surface area (TPSA) is 49.3 Å². The number of carbonyl (C=O) groups excluding carboxylic acids is 1. The minimum absolute atomic E-state index is 0.0934. The zero-order valence-electron chi connectivity index (χ0n) is 11.2. The van der Waals surface area contributed by atoms with Crippen molar-refractivity contribution in [3.8, 4) is 0 Å². The highest BCUT2D eigenvalue weighted by Crippen LogP contribution is 2.14. The molecule has 0 bridgehead atoms. The van der Waals surface area contributed by atoms with Crippen LogP contribution in [-0.2, 0) is 4.79 Å². The van der Waals surface area contributed by atoms with E-state index in [1.165, 1.54) is 6.08 Å². The van der Waals surface area contributed by atoms with Gasteiger partial charge in [-0.25, -0.2) is 0 Å². The van der Waals surface area contributed by atoms with Gasteiger partial charge in [-0.1, -0.05) is 44.2 Å². The Bertz CT molecular complexity index is 408. The smallest absolute Gasteiger partial charge is 0.244 e. The van der Waals surface area contributed by atoms with E-state index in [0.29, 0.717) is 0 Å². The van der Waals surface area contributed by atoms with E-state index in [-0.39, 0.29) is 18.4 Å². The Morgan fingerprint density at radius 2 is 2.00 bits per heavy atom. The van der Waals surface area contributed by atoms with Gasteiger partial charge in [0.05, 0.1) is 5.60 Å². The molecule has 1 rings (SSSR count). The number of benzene rings is 1. The van der Waals surface area contributed by atoms with Crippen LogP contribution < -0.4 is 5.32 Å². The summed E-state index contributed by atoms with van der Waals surface area (Å²) >= 11 is 0. The van der Waals surface area contributed by atoms with Gasteiger partial charge in [-0.3, -0.25) is 4.79 Å². The molecular formula is C15H21NO2. The number of hydrogen-bond acceptors (Lipinski definition) is 2. The van der Waals surface area contributed by atoms with Crippen molar-refractivity contribution in [2.75, 3.05) is 6.54 Å². The number of aliphatic hydroxyl groups is 1. The molecule has 18 heavy (non-hydrogen) atoms. The molecule has 0 aliphatic rings. The first kappa shape index (κ1) is 14.5. The van der Waals surface area contributed by atoms with Crippen LogP contribution >= 0.6 is 0 Å². The van der Waals surface area contributed by atoms with E-state index < -0.39 is 5.60 Å². The van der Waals surface area contributed by atoms with Gasteiger partial charge < -0.3 is 10.4 Å². The minimum Gasteiger partial charge on any atom is -0.388 e. The van der Waals surface area contributed by atoms with Gasteiger partial charge in [0, 0.05) is 12.6 Å². The second-order valence-electron chi connectivity index (χ2n) is 4.97. The summed E-state index contributed by atoms with van der Waals surface area (Å²) in [7, 11) is 0. The molecule has 0 spiro atoms. The Kier molecular flexibility index (Phi) is 5.10. The second-order valence-corrected chi connectivity index (χ2v) is 4.97. The van der Waals surface area contributed by atoms with Crippen molar-refractivity contribution in [3.63, 3.8) is 0 Å². The third-order valence-corrected chi connectivity index (χ3v) is 3.09. The predicted molar refractivity (Wildman–Crippen MR) is 73.9 cm³/mol. The fourth-order valence-corrected chi connectivity index (χ4v) is 1.27. The van der Waals surface area contributed by atoms with Gasteiger partial charge in [-0.05, 0) is 24.5 Å². The Hall–Kier alpha value is -1.61. The van der Waals surface area contributed by atoms with Crippen molar-refractivity contribution < 1.29 is 9.90 Å². The van der Waals surface area contributed by atoms with Gasteiger partial charge in [0.15, 0.2) is 0 Å². The van der Waals surface area contributed by atoms with Crippen LogP contribution in [0.5, 0.6) is 0 Å². The van der Waals surface area contributed by atoms with Crippen LogP contribution in [-0.4, -0.2) is 23.2 Å².